The van der Waals surface area contributed by atoms with Crippen molar-refractivity contribution in [2.24, 2.45) is 69.0 Å². The Bertz CT molecular complexity index is 1590. The molecule has 624 valence electrons. The summed E-state index contributed by atoms with van der Waals surface area (Å²) in [6.07, 6.45) is 15.8. The summed E-state index contributed by atoms with van der Waals surface area (Å²) in [4.78, 5) is 20.1. The Morgan fingerprint density at radius 3 is 0.422 bits per heavy atom. The summed E-state index contributed by atoms with van der Waals surface area (Å²) in [6, 6.07) is 0. The fourth-order valence-corrected chi connectivity index (χ4v) is 12.9. The van der Waals surface area contributed by atoms with E-state index < -0.39 is 0 Å². The number of piperidine rings is 2. The summed E-state index contributed by atoms with van der Waals surface area (Å²) < 4.78 is 0. The molecule has 0 aliphatic carbocycles. The average molecular weight is 1450 g/mol. The third-order valence-electron chi connectivity index (χ3n) is 20.7. The lowest BCUT2D eigenvalue weighted by Crippen LogP contribution is -2.54. The smallest absolute Gasteiger partial charge is 0.0125 e. The van der Waals surface area contributed by atoms with Crippen LogP contribution in [0.5, 0.6) is 0 Å². The topological polar surface area (TPSA) is 25.9 Å². The monoisotopic (exact) mass is 1450 g/mol. The predicted octanol–water partition coefficient (Wildman–Crippen LogP) is 26.5. The highest BCUT2D eigenvalue weighted by Crippen LogP contribution is 2.38. The van der Waals surface area contributed by atoms with E-state index in [0.29, 0.717) is 54.9 Å². The lowest BCUT2D eigenvalue weighted by Gasteiger charge is -2.46. The summed E-state index contributed by atoms with van der Waals surface area (Å²) in [6.45, 7) is 125. The molecule has 8 heterocycles. The van der Waals surface area contributed by atoms with Crippen LogP contribution in [0.3, 0.4) is 0 Å². The highest BCUT2D eigenvalue weighted by Gasteiger charge is 2.37. The van der Waals surface area contributed by atoms with Crippen molar-refractivity contribution in [3.63, 3.8) is 0 Å². The van der Waals surface area contributed by atoms with Gasteiger partial charge in [-0.15, -0.1) is 0 Å². The second-order valence-electron chi connectivity index (χ2n) is 43.8. The molecule has 8 saturated heterocycles. The van der Waals surface area contributed by atoms with E-state index in [1.807, 2.05) is 0 Å². The van der Waals surface area contributed by atoms with Crippen LogP contribution in [0, 0.1) is 69.0 Å². The molecule has 8 aliphatic heterocycles. The van der Waals surface area contributed by atoms with Gasteiger partial charge in [-0.05, 0) is 286 Å². The number of hydrogen-bond acceptors (Lipinski definition) is 8. The van der Waals surface area contributed by atoms with E-state index in [1.54, 1.807) is 0 Å². The molecule has 0 bridgehead atoms. The Hall–Kier alpha value is -0.320. The van der Waals surface area contributed by atoms with Gasteiger partial charge in [0.15, 0.2) is 0 Å². The fraction of sp³-hybridized carbons (Fsp3) is 1.00. The first kappa shape index (κ1) is 113. The second kappa shape index (κ2) is 54.3. The van der Waals surface area contributed by atoms with Crippen molar-refractivity contribution >= 4 is 0 Å². The SMILES string of the molecule is CC(C)(C)C1CCN(C(C)(C)C)CC1.CC(C)(C)C1CCN(C(C)(C)C)CC1.CC1CN(C(C)(C)C)C1.CC1CN(C(C)(C)C)C1.CCC.CCC.CCC.CCC.CCC.CCC.CN1CC(C(C)(C)C)C1.CN1CC(C(C)(C)C)C1.C[C@@H]1CCN(C(C)(C)C)C1.C[C@H]1CCN(C(C)(C)C)C1. The van der Waals surface area contributed by atoms with Crippen LogP contribution < -0.4 is 0 Å². The van der Waals surface area contributed by atoms with Crippen LogP contribution in [0.4, 0.5) is 0 Å². The minimum Gasteiger partial charge on any atom is -0.306 e. The van der Waals surface area contributed by atoms with Crippen molar-refractivity contribution in [1.29, 1.82) is 0 Å². The molecule has 0 aromatic rings. The van der Waals surface area contributed by atoms with Crippen LogP contribution in [0.25, 0.3) is 0 Å². The zero-order valence-corrected chi connectivity index (χ0v) is 81.0. The molecular weight excluding hydrogens is 1240 g/mol. The molecule has 102 heavy (non-hydrogen) atoms. The first-order valence-corrected chi connectivity index (χ1v) is 43.8. The van der Waals surface area contributed by atoms with Gasteiger partial charge in [-0.1, -0.05) is 232 Å². The number of rotatable bonds is 0. The van der Waals surface area contributed by atoms with Gasteiger partial charge in [-0.2, -0.15) is 0 Å². The summed E-state index contributed by atoms with van der Waals surface area (Å²) in [5.74, 6) is 7.40. The van der Waals surface area contributed by atoms with E-state index in [1.165, 1.54) is 182 Å². The lowest BCUT2D eigenvalue weighted by molar-refractivity contribution is 0.0224. The minimum absolute atomic E-state index is 0.364. The fourth-order valence-electron chi connectivity index (χ4n) is 12.9. The summed E-state index contributed by atoms with van der Waals surface area (Å²) in [7, 11) is 4.37. The quantitative estimate of drug-likeness (QED) is 0.237. The van der Waals surface area contributed by atoms with Crippen molar-refractivity contribution in [1.82, 2.24) is 39.2 Å². The third kappa shape index (κ3) is 57.7. The molecule has 0 aromatic heterocycles. The predicted molar refractivity (Wildman–Crippen MR) is 475 cm³/mol. The largest absolute Gasteiger partial charge is 0.306 e. The molecule has 0 unspecified atom stereocenters. The highest BCUT2D eigenvalue weighted by molar-refractivity contribution is 4.91. The first-order chi connectivity index (χ1) is 45.9. The van der Waals surface area contributed by atoms with Gasteiger partial charge < -0.3 is 9.80 Å². The highest BCUT2D eigenvalue weighted by atomic mass is 15.3. The molecule has 0 aromatic carbocycles. The van der Waals surface area contributed by atoms with Crippen LogP contribution in [-0.4, -0.2) is 191 Å². The number of likely N-dealkylation sites (tertiary alicyclic amines) is 8. The van der Waals surface area contributed by atoms with Gasteiger partial charge in [0.25, 0.3) is 0 Å². The molecule has 0 N–H and O–H groups in total. The maximum Gasteiger partial charge on any atom is 0.0125 e. The number of hydrogen-bond donors (Lipinski definition) is 0. The van der Waals surface area contributed by atoms with Gasteiger partial charge in [-0.3, -0.25) is 29.4 Å². The molecule has 8 aliphatic rings. The third-order valence-corrected chi connectivity index (χ3v) is 20.7. The van der Waals surface area contributed by atoms with E-state index >= 15 is 0 Å². The first-order valence-electron chi connectivity index (χ1n) is 43.8. The Morgan fingerprint density at radius 1 is 0.196 bits per heavy atom. The summed E-state index contributed by atoms with van der Waals surface area (Å²) in [5, 5.41) is 0. The van der Waals surface area contributed by atoms with Crippen molar-refractivity contribution in [3.8, 4) is 0 Å². The van der Waals surface area contributed by atoms with E-state index in [4.69, 9.17) is 0 Å². The van der Waals surface area contributed by atoms with Crippen molar-refractivity contribution in [3.05, 3.63) is 0 Å². The van der Waals surface area contributed by atoms with Crippen molar-refractivity contribution < 1.29 is 0 Å². The van der Waals surface area contributed by atoms with Crippen molar-refractivity contribution in [2.45, 2.75) is 429 Å². The zero-order chi connectivity index (χ0) is 82.0. The van der Waals surface area contributed by atoms with E-state index in [-0.39, 0.29) is 0 Å². The van der Waals surface area contributed by atoms with Gasteiger partial charge in [-0.25, -0.2) is 0 Å². The van der Waals surface area contributed by atoms with E-state index in [2.05, 4.69) is 372 Å². The molecule has 8 nitrogen and oxygen atoms in total. The minimum atomic E-state index is 0.364. The molecule has 0 radical (unpaired) electrons. The lowest BCUT2D eigenvalue weighted by atomic mass is 9.75. The van der Waals surface area contributed by atoms with Gasteiger partial charge in [0.2, 0.25) is 0 Å². The van der Waals surface area contributed by atoms with Crippen LogP contribution in [0.2, 0.25) is 0 Å². The Labute approximate surface area is 652 Å². The van der Waals surface area contributed by atoms with Crippen LogP contribution in [0.15, 0.2) is 0 Å². The van der Waals surface area contributed by atoms with Crippen LogP contribution in [-0.2, 0) is 0 Å². The molecule has 8 heteroatoms. The zero-order valence-electron chi connectivity index (χ0n) is 81.0. The van der Waals surface area contributed by atoms with Crippen molar-refractivity contribution in [2.75, 3.05) is 119 Å². The molecular formula is C94H208N8. The number of nitrogens with zero attached hydrogens (tertiary/aromatic N) is 8. The summed E-state index contributed by atoms with van der Waals surface area (Å²) >= 11 is 0. The van der Waals surface area contributed by atoms with Gasteiger partial charge in [0, 0.05) is 98.7 Å². The molecule has 8 rings (SSSR count). The Morgan fingerprint density at radius 2 is 0.343 bits per heavy atom. The Kier molecular flexibility index (Phi) is 60.0. The second-order valence-corrected chi connectivity index (χ2v) is 43.8. The molecule has 0 amide bonds. The van der Waals surface area contributed by atoms with Gasteiger partial charge >= 0.3 is 0 Å². The van der Waals surface area contributed by atoms with Crippen LogP contribution >= 0.6 is 0 Å². The molecule has 0 saturated carbocycles. The van der Waals surface area contributed by atoms with E-state index in [9.17, 15) is 0 Å². The maximum atomic E-state index is 2.62. The Balaban J connectivity index is -0.000000251. The van der Waals surface area contributed by atoms with Crippen LogP contribution in [0.1, 0.15) is 396 Å². The molecule has 8 fully saturated rings. The van der Waals surface area contributed by atoms with Gasteiger partial charge in [0.05, 0.1) is 0 Å². The molecule has 2 atom stereocenters. The van der Waals surface area contributed by atoms with Gasteiger partial charge in [0.1, 0.15) is 0 Å². The van der Waals surface area contributed by atoms with E-state index in [0.717, 1.165) is 47.3 Å². The normalized spacial score (nSPS) is 21.5. The average Bonchev–Trinajstić information content (AvgIpc) is 1.47. The maximum absolute atomic E-state index is 2.62. The standard InChI is InChI=1S/2C13H27N.2C9H19N.4C8H17N.6C3H8/c2*1-12(2,3)11-7-9-14(10-8-11)13(4,5)6;2*1-8-5-6-10(7-8)9(2,3)4;2*1-8(2,3)7-5-9(4)6-7;2*1-7-5-9(6-7)8(2,3)4;6*1-3-2/h2*11H,7-10H2,1-6H3;2*8H,5-7H2,1-4H3;4*7H,5-6H2,1-4H3;6*3H2,1-2H3/t;;2*8-;;;;;;;;;;/m..10........../s1. The summed E-state index contributed by atoms with van der Waals surface area (Å²) in [5.41, 5.74) is 4.41. The molecule has 0 spiro atoms.